The number of ketones is 1. The highest BCUT2D eigenvalue weighted by Crippen LogP contribution is 2.30. The molecule has 0 aromatic carbocycles. The van der Waals surface area contributed by atoms with Crippen molar-refractivity contribution < 1.29 is 4.79 Å². The minimum absolute atomic E-state index is 0.143. The number of H-pyrrole nitrogens is 1. The first-order chi connectivity index (χ1) is 8.25. The lowest BCUT2D eigenvalue weighted by Gasteiger charge is -2.10. The van der Waals surface area contributed by atoms with Gasteiger partial charge >= 0.3 is 0 Å². The van der Waals surface area contributed by atoms with Gasteiger partial charge in [0.15, 0.2) is 11.4 Å². The zero-order chi connectivity index (χ0) is 11.8. The maximum atomic E-state index is 11.4. The van der Waals surface area contributed by atoms with Gasteiger partial charge in [0.05, 0.1) is 11.1 Å². The molecule has 0 amide bonds. The lowest BCUT2D eigenvalue weighted by Crippen LogP contribution is -2.03. The van der Waals surface area contributed by atoms with Crippen LogP contribution in [0.1, 0.15) is 25.0 Å². The Morgan fingerprint density at radius 1 is 1.29 bits per heavy atom. The minimum Gasteiger partial charge on any atom is -0.383 e. The number of hydrogen-bond donors (Lipinski definition) is 2. The lowest BCUT2D eigenvalue weighted by molar-refractivity contribution is -0.114. The summed E-state index contributed by atoms with van der Waals surface area (Å²) in [5.74, 6) is 0.530. The van der Waals surface area contributed by atoms with Crippen LogP contribution in [0.15, 0.2) is 12.4 Å². The fourth-order valence-electron chi connectivity index (χ4n) is 2.10. The molecule has 0 radical (unpaired) electrons. The van der Waals surface area contributed by atoms with Gasteiger partial charge in [0.2, 0.25) is 0 Å². The van der Waals surface area contributed by atoms with Gasteiger partial charge < -0.3 is 5.73 Å². The third-order valence-electron chi connectivity index (χ3n) is 2.91. The van der Waals surface area contributed by atoms with Crippen LogP contribution in [0.25, 0.3) is 16.6 Å². The van der Waals surface area contributed by atoms with Gasteiger partial charge in [-0.2, -0.15) is 5.10 Å². The molecular weight excluding hydrogens is 218 g/mol. The van der Waals surface area contributed by atoms with Gasteiger partial charge in [-0.1, -0.05) is 0 Å². The highest BCUT2D eigenvalue weighted by atomic mass is 16.1. The third-order valence-corrected chi connectivity index (χ3v) is 2.91. The number of carbonyl (C=O) groups excluding carboxylic acids is 1. The second-order valence-corrected chi connectivity index (χ2v) is 4.05. The first-order valence-electron chi connectivity index (χ1n) is 5.44. The highest BCUT2D eigenvalue weighted by Gasteiger charge is 2.18. The Hall–Kier alpha value is -2.24. The zero-order valence-corrected chi connectivity index (χ0v) is 9.10. The van der Waals surface area contributed by atoms with E-state index in [0.717, 1.165) is 24.1 Å². The van der Waals surface area contributed by atoms with Crippen molar-refractivity contribution in [2.24, 2.45) is 0 Å². The predicted octanol–water partition coefficient (Wildman–Crippen LogP) is 1.07. The van der Waals surface area contributed by atoms with Crippen molar-refractivity contribution in [3.8, 4) is 0 Å². The number of anilines is 1. The Morgan fingerprint density at radius 2 is 2.18 bits per heavy atom. The zero-order valence-electron chi connectivity index (χ0n) is 9.10. The molecule has 86 valence electrons. The summed E-state index contributed by atoms with van der Waals surface area (Å²) >= 11 is 0. The number of nitrogens with one attached hydrogen (secondary N) is 1. The van der Waals surface area contributed by atoms with Crippen molar-refractivity contribution in [2.45, 2.75) is 19.3 Å². The summed E-state index contributed by atoms with van der Waals surface area (Å²) in [6.45, 7) is 0. The van der Waals surface area contributed by atoms with Crippen LogP contribution in [0.5, 0.6) is 0 Å². The molecule has 3 N–H and O–H groups in total. The van der Waals surface area contributed by atoms with Crippen molar-refractivity contribution in [1.82, 2.24) is 20.2 Å². The van der Waals surface area contributed by atoms with Gasteiger partial charge in [-0.15, -0.1) is 0 Å². The number of fused-ring (bicyclic) bond motifs is 1. The SMILES string of the molecule is Nc1ncnc2n[nH]c(C3=CC(=O)CCC3)c12. The molecule has 1 aliphatic carbocycles. The average molecular weight is 229 g/mol. The van der Waals surface area contributed by atoms with Gasteiger partial charge in [-0.05, 0) is 24.5 Å². The summed E-state index contributed by atoms with van der Waals surface area (Å²) in [6.07, 6.45) is 5.35. The van der Waals surface area contributed by atoms with E-state index >= 15 is 0 Å². The summed E-state index contributed by atoms with van der Waals surface area (Å²) < 4.78 is 0. The molecule has 3 rings (SSSR count). The lowest BCUT2D eigenvalue weighted by atomic mass is 9.95. The Kier molecular flexibility index (Phi) is 2.14. The molecule has 2 aromatic rings. The first-order valence-corrected chi connectivity index (χ1v) is 5.44. The van der Waals surface area contributed by atoms with Crippen molar-refractivity contribution in [1.29, 1.82) is 0 Å². The summed E-state index contributed by atoms with van der Waals surface area (Å²) in [5.41, 5.74) is 8.06. The van der Waals surface area contributed by atoms with Crippen LogP contribution in [-0.2, 0) is 4.79 Å². The van der Waals surface area contributed by atoms with Crippen LogP contribution in [0.4, 0.5) is 5.82 Å². The fourth-order valence-corrected chi connectivity index (χ4v) is 2.10. The molecule has 0 fully saturated rings. The van der Waals surface area contributed by atoms with E-state index in [4.69, 9.17) is 5.73 Å². The van der Waals surface area contributed by atoms with Gasteiger partial charge in [0, 0.05) is 6.42 Å². The molecule has 0 aliphatic heterocycles. The van der Waals surface area contributed by atoms with Crippen molar-refractivity contribution in [3.05, 3.63) is 18.1 Å². The summed E-state index contributed by atoms with van der Waals surface area (Å²) in [5, 5.41) is 7.67. The van der Waals surface area contributed by atoms with Gasteiger partial charge in [0.25, 0.3) is 0 Å². The highest BCUT2D eigenvalue weighted by molar-refractivity contribution is 6.03. The van der Waals surface area contributed by atoms with Gasteiger partial charge in [-0.3, -0.25) is 9.89 Å². The number of aromatic nitrogens is 4. The Morgan fingerprint density at radius 3 is 3.00 bits per heavy atom. The molecule has 0 unspecified atom stereocenters. The molecular formula is C11H11N5O. The number of nitrogens with zero attached hydrogens (tertiary/aromatic N) is 3. The second-order valence-electron chi connectivity index (χ2n) is 4.05. The van der Waals surface area contributed by atoms with Gasteiger partial charge in [-0.25, -0.2) is 9.97 Å². The molecule has 0 saturated carbocycles. The Labute approximate surface area is 96.9 Å². The average Bonchev–Trinajstić information content (AvgIpc) is 2.74. The molecule has 17 heavy (non-hydrogen) atoms. The predicted molar refractivity (Wildman–Crippen MR) is 62.9 cm³/mol. The van der Waals surface area contributed by atoms with E-state index < -0.39 is 0 Å². The molecule has 6 heteroatoms. The molecule has 0 spiro atoms. The van der Waals surface area contributed by atoms with E-state index in [1.54, 1.807) is 6.08 Å². The van der Waals surface area contributed by atoms with E-state index in [1.165, 1.54) is 6.33 Å². The summed E-state index contributed by atoms with van der Waals surface area (Å²) in [7, 11) is 0. The molecule has 2 aromatic heterocycles. The maximum absolute atomic E-state index is 11.4. The van der Waals surface area contributed by atoms with Crippen molar-refractivity contribution >= 4 is 28.2 Å². The van der Waals surface area contributed by atoms with Crippen molar-refractivity contribution in [3.63, 3.8) is 0 Å². The maximum Gasteiger partial charge on any atom is 0.186 e. The summed E-state index contributed by atoms with van der Waals surface area (Å²) in [4.78, 5) is 19.4. The van der Waals surface area contributed by atoms with Crippen LogP contribution in [0.3, 0.4) is 0 Å². The van der Waals surface area contributed by atoms with Crippen LogP contribution >= 0.6 is 0 Å². The Bertz CT molecular complexity index is 628. The van der Waals surface area contributed by atoms with Gasteiger partial charge in [0.1, 0.15) is 12.1 Å². The number of hydrogen-bond acceptors (Lipinski definition) is 5. The van der Waals surface area contributed by atoms with Crippen LogP contribution in [0.2, 0.25) is 0 Å². The molecule has 1 aliphatic rings. The number of nitrogens with two attached hydrogens (primary N) is 1. The van der Waals surface area contributed by atoms with Crippen LogP contribution in [-0.4, -0.2) is 25.9 Å². The quantitative estimate of drug-likeness (QED) is 0.762. The smallest absolute Gasteiger partial charge is 0.186 e. The van der Waals surface area contributed by atoms with Crippen LogP contribution < -0.4 is 5.73 Å². The van der Waals surface area contributed by atoms with Crippen LogP contribution in [0, 0.1) is 0 Å². The topological polar surface area (TPSA) is 97.5 Å². The molecule has 2 heterocycles. The number of aromatic amines is 1. The van der Waals surface area contributed by atoms with E-state index in [1.807, 2.05) is 0 Å². The Balaban J connectivity index is 2.21. The standard InChI is InChI=1S/C11H11N5O/c12-10-8-9(6-2-1-3-7(17)4-6)15-16-11(8)14-5-13-10/h4-5H,1-3H2,(H3,12,13,14,15,16). The van der Waals surface area contributed by atoms with Crippen molar-refractivity contribution in [2.75, 3.05) is 5.73 Å². The summed E-state index contributed by atoms with van der Waals surface area (Å²) in [6, 6.07) is 0. The molecule has 0 atom stereocenters. The van der Waals surface area contributed by atoms with E-state index in [9.17, 15) is 4.79 Å². The number of allylic oxidation sites excluding steroid dienone is 2. The second kappa shape index (κ2) is 3.65. The minimum atomic E-state index is 0.143. The molecule has 0 bridgehead atoms. The largest absolute Gasteiger partial charge is 0.383 e. The normalized spacial score (nSPS) is 16.2. The molecule has 0 saturated heterocycles. The number of carbonyl (C=O) groups is 1. The third kappa shape index (κ3) is 1.57. The van der Waals surface area contributed by atoms with E-state index in [0.29, 0.717) is 23.3 Å². The van der Waals surface area contributed by atoms with E-state index in [-0.39, 0.29) is 5.78 Å². The fraction of sp³-hybridized carbons (Fsp3) is 0.273. The first kappa shape index (κ1) is 9.95. The molecule has 6 nitrogen and oxygen atoms in total. The number of rotatable bonds is 1. The monoisotopic (exact) mass is 229 g/mol. The number of nitrogen functional groups attached to an aromatic ring is 1. The van der Waals surface area contributed by atoms with E-state index in [2.05, 4.69) is 20.2 Å².